The number of fused-ring (bicyclic) bond motifs is 1. The van der Waals surface area contributed by atoms with Gasteiger partial charge in [-0.1, -0.05) is 26.2 Å². The van der Waals surface area contributed by atoms with E-state index < -0.39 is 0 Å². The Kier molecular flexibility index (Phi) is 4.55. The number of nitrogens with one attached hydrogen (secondary N) is 1. The lowest BCUT2D eigenvalue weighted by atomic mass is 9.83. The van der Waals surface area contributed by atoms with Crippen LogP contribution in [-0.2, 0) is 29.7 Å². The van der Waals surface area contributed by atoms with Crippen LogP contribution in [0.5, 0.6) is 0 Å². The first kappa shape index (κ1) is 14.9. The van der Waals surface area contributed by atoms with Gasteiger partial charge < -0.3 is 10.1 Å². The van der Waals surface area contributed by atoms with E-state index in [2.05, 4.69) is 19.2 Å². The molecule has 2 aliphatic rings. The molecule has 1 saturated carbocycles. The van der Waals surface area contributed by atoms with Crippen molar-refractivity contribution in [1.29, 1.82) is 0 Å². The topological polar surface area (TPSA) is 47.0 Å². The van der Waals surface area contributed by atoms with Gasteiger partial charge in [0.15, 0.2) is 5.82 Å². The maximum absolute atomic E-state index is 6.21. The fourth-order valence-corrected chi connectivity index (χ4v) is 3.74. The summed E-state index contributed by atoms with van der Waals surface area (Å²) in [5.41, 5.74) is 3.57. The molecule has 1 N–H and O–H groups in total. The Hall–Kier alpha value is -1.00. The molecule has 1 fully saturated rings. The first-order valence-electron chi connectivity index (χ1n) is 8.53. The van der Waals surface area contributed by atoms with Crippen molar-refractivity contribution in [3.63, 3.8) is 0 Å². The van der Waals surface area contributed by atoms with Gasteiger partial charge in [0.1, 0.15) is 5.60 Å². The van der Waals surface area contributed by atoms with Crippen LogP contribution in [-0.4, -0.2) is 23.1 Å². The van der Waals surface area contributed by atoms with Gasteiger partial charge in [0.25, 0.3) is 0 Å². The van der Waals surface area contributed by atoms with Crippen LogP contribution in [0, 0.1) is 0 Å². The summed E-state index contributed by atoms with van der Waals surface area (Å²) >= 11 is 0. The van der Waals surface area contributed by atoms with Crippen molar-refractivity contribution in [3.8, 4) is 0 Å². The summed E-state index contributed by atoms with van der Waals surface area (Å²) in [6.45, 7) is 6.95. The lowest BCUT2D eigenvalue weighted by Crippen LogP contribution is -2.36. The second-order valence-corrected chi connectivity index (χ2v) is 6.19. The molecule has 0 amide bonds. The SMILES string of the molecule is CCOC1(c2nc(CC)c3c(n2)CCNC3)CCCCC1. The number of hydrogen-bond acceptors (Lipinski definition) is 4. The molecule has 1 aliphatic carbocycles. The summed E-state index contributed by atoms with van der Waals surface area (Å²) in [4.78, 5) is 9.90. The van der Waals surface area contributed by atoms with E-state index in [1.165, 1.54) is 36.2 Å². The minimum Gasteiger partial charge on any atom is -0.367 e. The molecule has 1 aromatic heterocycles. The standard InChI is InChI=1S/C17H27N3O/c1-3-14-13-12-18-11-8-15(13)20-16(19-14)17(21-4-2)9-6-5-7-10-17/h18H,3-12H2,1-2H3. The van der Waals surface area contributed by atoms with Gasteiger partial charge in [-0.15, -0.1) is 0 Å². The van der Waals surface area contributed by atoms with Gasteiger partial charge >= 0.3 is 0 Å². The van der Waals surface area contributed by atoms with E-state index in [-0.39, 0.29) is 5.60 Å². The van der Waals surface area contributed by atoms with Crippen LogP contribution in [0.3, 0.4) is 0 Å². The van der Waals surface area contributed by atoms with E-state index in [0.717, 1.165) is 51.2 Å². The van der Waals surface area contributed by atoms with Crippen molar-refractivity contribution in [1.82, 2.24) is 15.3 Å². The highest BCUT2D eigenvalue weighted by atomic mass is 16.5. The van der Waals surface area contributed by atoms with Crippen molar-refractivity contribution in [3.05, 3.63) is 22.8 Å². The quantitative estimate of drug-likeness (QED) is 0.926. The number of aromatic nitrogens is 2. The highest BCUT2D eigenvalue weighted by molar-refractivity contribution is 5.29. The Morgan fingerprint density at radius 3 is 2.67 bits per heavy atom. The van der Waals surface area contributed by atoms with Gasteiger partial charge in [-0.3, -0.25) is 0 Å². The van der Waals surface area contributed by atoms with Gasteiger partial charge in [0.05, 0.1) is 5.69 Å². The first-order chi connectivity index (χ1) is 10.3. The Morgan fingerprint density at radius 2 is 1.95 bits per heavy atom. The van der Waals surface area contributed by atoms with Crippen LogP contribution >= 0.6 is 0 Å². The molecule has 0 aromatic carbocycles. The van der Waals surface area contributed by atoms with Crippen LogP contribution < -0.4 is 5.32 Å². The van der Waals surface area contributed by atoms with Gasteiger partial charge in [-0.05, 0) is 26.2 Å². The molecule has 0 atom stereocenters. The van der Waals surface area contributed by atoms with E-state index in [4.69, 9.17) is 14.7 Å². The highest BCUT2D eigenvalue weighted by Gasteiger charge is 2.38. The highest BCUT2D eigenvalue weighted by Crippen LogP contribution is 2.39. The summed E-state index contributed by atoms with van der Waals surface area (Å²) in [6.07, 6.45) is 7.89. The molecule has 1 aromatic rings. The summed E-state index contributed by atoms with van der Waals surface area (Å²) in [5.74, 6) is 0.960. The molecule has 21 heavy (non-hydrogen) atoms. The number of ether oxygens (including phenoxy) is 1. The van der Waals surface area contributed by atoms with E-state index in [1.807, 2.05) is 0 Å². The van der Waals surface area contributed by atoms with Crippen LogP contribution in [0.15, 0.2) is 0 Å². The first-order valence-corrected chi connectivity index (χ1v) is 8.53. The molecular formula is C17H27N3O. The van der Waals surface area contributed by atoms with E-state index in [0.29, 0.717) is 0 Å². The third-order valence-corrected chi connectivity index (χ3v) is 4.84. The number of nitrogens with zero attached hydrogens (tertiary/aromatic N) is 2. The molecule has 0 unspecified atom stereocenters. The molecule has 4 nitrogen and oxygen atoms in total. The Bertz CT molecular complexity index is 472. The van der Waals surface area contributed by atoms with Crippen LogP contribution in [0.1, 0.15) is 68.7 Å². The van der Waals surface area contributed by atoms with E-state index >= 15 is 0 Å². The lowest BCUT2D eigenvalue weighted by Gasteiger charge is -2.36. The van der Waals surface area contributed by atoms with Crippen molar-refractivity contribution < 1.29 is 4.74 Å². The van der Waals surface area contributed by atoms with Gasteiger partial charge in [0, 0.05) is 37.4 Å². The Balaban J connectivity index is 2.03. The second-order valence-electron chi connectivity index (χ2n) is 6.19. The lowest BCUT2D eigenvalue weighted by molar-refractivity contribution is -0.0770. The van der Waals surface area contributed by atoms with Crippen LogP contribution in [0.2, 0.25) is 0 Å². The summed E-state index contributed by atoms with van der Waals surface area (Å²) in [5, 5.41) is 3.44. The summed E-state index contributed by atoms with van der Waals surface area (Å²) in [6, 6.07) is 0. The van der Waals surface area contributed by atoms with Crippen LogP contribution in [0.25, 0.3) is 0 Å². The predicted octanol–water partition coefficient (Wildman–Crippen LogP) is 2.88. The molecule has 116 valence electrons. The fourth-order valence-electron chi connectivity index (χ4n) is 3.74. The molecule has 0 bridgehead atoms. The molecule has 4 heteroatoms. The molecule has 2 heterocycles. The van der Waals surface area contributed by atoms with Crippen molar-refractivity contribution in [2.24, 2.45) is 0 Å². The van der Waals surface area contributed by atoms with Crippen molar-refractivity contribution >= 4 is 0 Å². The summed E-state index contributed by atoms with van der Waals surface area (Å²) < 4.78 is 6.21. The maximum Gasteiger partial charge on any atom is 0.160 e. The molecule has 0 spiro atoms. The minimum atomic E-state index is -0.225. The molecule has 0 saturated heterocycles. The fraction of sp³-hybridized carbons (Fsp3) is 0.765. The third kappa shape index (κ3) is 2.84. The van der Waals surface area contributed by atoms with Crippen LogP contribution in [0.4, 0.5) is 0 Å². The second kappa shape index (κ2) is 6.41. The maximum atomic E-state index is 6.21. The van der Waals surface area contributed by atoms with E-state index in [9.17, 15) is 0 Å². The normalized spacial score (nSPS) is 21.0. The van der Waals surface area contributed by atoms with Gasteiger partial charge in [-0.25, -0.2) is 9.97 Å². The average molecular weight is 289 g/mol. The zero-order chi connectivity index (χ0) is 14.7. The number of hydrogen-bond donors (Lipinski definition) is 1. The predicted molar refractivity (Wildman–Crippen MR) is 83.2 cm³/mol. The minimum absolute atomic E-state index is 0.225. The summed E-state index contributed by atoms with van der Waals surface area (Å²) in [7, 11) is 0. The number of aryl methyl sites for hydroxylation is 1. The van der Waals surface area contributed by atoms with Gasteiger partial charge in [0.2, 0.25) is 0 Å². The molecule has 1 aliphatic heterocycles. The monoisotopic (exact) mass is 289 g/mol. The third-order valence-electron chi connectivity index (χ3n) is 4.84. The largest absolute Gasteiger partial charge is 0.367 e. The zero-order valence-corrected chi connectivity index (χ0v) is 13.4. The zero-order valence-electron chi connectivity index (χ0n) is 13.4. The van der Waals surface area contributed by atoms with E-state index in [1.54, 1.807) is 0 Å². The smallest absolute Gasteiger partial charge is 0.160 e. The molecule has 0 radical (unpaired) electrons. The van der Waals surface area contributed by atoms with Crippen molar-refractivity contribution in [2.45, 2.75) is 70.9 Å². The Morgan fingerprint density at radius 1 is 1.14 bits per heavy atom. The van der Waals surface area contributed by atoms with Crippen molar-refractivity contribution in [2.75, 3.05) is 13.2 Å². The Labute approximate surface area is 127 Å². The van der Waals surface area contributed by atoms with Gasteiger partial charge in [-0.2, -0.15) is 0 Å². The molecular weight excluding hydrogens is 262 g/mol. The molecule has 3 rings (SSSR count). The average Bonchev–Trinajstić information content (AvgIpc) is 2.55. The number of rotatable bonds is 4.